The van der Waals surface area contributed by atoms with Gasteiger partial charge in [-0.1, -0.05) is 39.5 Å². The quantitative estimate of drug-likeness (QED) is 0.558. The lowest BCUT2D eigenvalue weighted by molar-refractivity contribution is -0.128. The predicted molar refractivity (Wildman–Crippen MR) is 112 cm³/mol. The van der Waals surface area contributed by atoms with Crippen LogP contribution < -0.4 is 10.2 Å². The number of fused-ring (bicyclic) bond motifs is 1. The standard InChI is InChI=1S/C19H30N6O2S/c1-5-12-28-18-22-15(24-8-10-27-11-9-24)14-13-21-25(16(14)23-18)7-6-20-17(26)19(2,3)4/h13H,5-12H2,1-4H3,(H,20,26). The van der Waals surface area contributed by atoms with Gasteiger partial charge in [-0.25, -0.2) is 14.6 Å². The number of thioether (sulfide) groups is 1. The molecule has 3 heterocycles. The van der Waals surface area contributed by atoms with Crippen molar-refractivity contribution in [2.75, 3.05) is 43.5 Å². The van der Waals surface area contributed by atoms with E-state index in [9.17, 15) is 4.79 Å². The monoisotopic (exact) mass is 406 g/mol. The van der Waals surface area contributed by atoms with Crippen molar-refractivity contribution in [2.24, 2.45) is 5.41 Å². The molecule has 9 heteroatoms. The Morgan fingerprint density at radius 2 is 2.04 bits per heavy atom. The van der Waals surface area contributed by atoms with Crippen molar-refractivity contribution in [3.63, 3.8) is 0 Å². The van der Waals surface area contributed by atoms with E-state index in [1.165, 1.54) is 0 Å². The van der Waals surface area contributed by atoms with Crippen molar-refractivity contribution >= 4 is 34.5 Å². The second-order valence-corrected chi connectivity index (χ2v) is 8.95. The fourth-order valence-corrected chi connectivity index (χ4v) is 3.59. The molecule has 0 aliphatic carbocycles. The smallest absolute Gasteiger partial charge is 0.225 e. The van der Waals surface area contributed by atoms with E-state index in [1.807, 2.05) is 31.6 Å². The van der Waals surface area contributed by atoms with E-state index in [2.05, 4.69) is 22.2 Å². The van der Waals surface area contributed by atoms with Crippen molar-refractivity contribution < 1.29 is 9.53 Å². The highest BCUT2D eigenvalue weighted by Gasteiger charge is 2.22. The average Bonchev–Trinajstić information content (AvgIpc) is 3.08. The number of hydrogen-bond acceptors (Lipinski definition) is 7. The van der Waals surface area contributed by atoms with Crippen molar-refractivity contribution in [1.29, 1.82) is 0 Å². The topological polar surface area (TPSA) is 85.2 Å². The molecule has 1 N–H and O–H groups in total. The summed E-state index contributed by atoms with van der Waals surface area (Å²) in [6, 6.07) is 0. The molecular formula is C19H30N6O2S. The van der Waals surface area contributed by atoms with Gasteiger partial charge in [-0.05, 0) is 6.42 Å². The number of rotatable bonds is 7. The zero-order valence-corrected chi connectivity index (χ0v) is 18.0. The van der Waals surface area contributed by atoms with Gasteiger partial charge in [-0.3, -0.25) is 4.79 Å². The van der Waals surface area contributed by atoms with Crippen molar-refractivity contribution in [3.05, 3.63) is 6.20 Å². The molecule has 154 valence electrons. The third-order valence-corrected chi connectivity index (χ3v) is 5.55. The van der Waals surface area contributed by atoms with Gasteiger partial charge >= 0.3 is 0 Å². The van der Waals surface area contributed by atoms with Gasteiger partial charge in [-0.15, -0.1) is 0 Å². The molecule has 8 nitrogen and oxygen atoms in total. The van der Waals surface area contributed by atoms with Gasteiger partial charge in [0.25, 0.3) is 0 Å². The van der Waals surface area contributed by atoms with Crippen molar-refractivity contribution in [1.82, 2.24) is 25.1 Å². The van der Waals surface area contributed by atoms with Crippen LogP contribution >= 0.6 is 11.8 Å². The molecule has 0 spiro atoms. The van der Waals surface area contributed by atoms with Crippen LogP contribution in [0.15, 0.2) is 11.4 Å². The van der Waals surface area contributed by atoms with E-state index in [0.29, 0.717) is 26.3 Å². The van der Waals surface area contributed by atoms with Gasteiger partial charge < -0.3 is 15.0 Å². The number of amides is 1. The fourth-order valence-electron chi connectivity index (χ4n) is 2.90. The zero-order valence-electron chi connectivity index (χ0n) is 17.2. The number of ether oxygens (including phenoxy) is 1. The Morgan fingerprint density at radius 3 is 2.71 bits per heavy atom. The van der Waals surface area contributed by atoms with Gasteiger partial charge in [0.15, 0.2) is 10.8 Å². The first-order valence-electron chi connectivity index (χ1n) is 9.87. The number of carbonyl (C=O) groups excluding carboxylic acids is 1. The maximum absolute atomic E-state index is 12.1. The Morgan fingerprint density at radius 1 is 1.29 bits per heavy atom. The van der Waals surface area contributed by atoms with Crippen LogP contribution in [0.1, 0.15) is 34.1 Å². The minimum Gasteiger partial charge on any atom is -0.378 e. The highest BCUT2D eigenvalue weighted by molar-refractivity contribution is 7.99. The molecule has 1 aliphatic heterocycles. The number of aromatic nitrogens is 4. The van der Waals surface area contributed by atoms with Crippen LogP contribution in [0.5, 0.6) is 0 Å². The molecule has 2 aromatic heterocycles. The first-order chi connectivity index (χ1) is 13.4. The predicted octanol–water partition coefficient (Wildman–Crippen LogP) is 2.33. The summed E-state index contributed by atoms with van der Waals surface area (Å²) in [6.07, 6.45) is 2.90. The lowest BCUT2D eigenvalue weighted by atomic mass is 9.96. The fraction of sp³-hybridized carbons (Fsp3) is 0.684. The van der Waals surface area contributed by atoms with Gasteiger partial charge in [0, 0.05) is 30.8 Å². The molecule has 0 saturated carbocycles. The van der Waals surface area contributed by atoms with Crippen LogP contribution in [-0.2, 0) is 16.1 Å². The lowest BCUT2D eigenvalue weighted by Crippen LogP contribution is -2.37. The number of nitrogens with one attached hydrogen (secondary N) is 1. The minimum atomic E-state index is -0.401. The maximum atomic E-state index is 12.1. The van der Waals surface area contributed by atoms with E-state index in [0.717, 1.165) is 47.3 Å². The third-order valence-electron chi connectivity index (χ3n) is 4.49. The molecule has 3 rings (SSSR count). The largest absolute Gasteiger partial charge is 0.378 e. The molecule has 0 aromatic carbocycles. The average molecular weight is 407 g/mol. The minimum absolute atomic E-state index is 0.0341. The molecule has 1 amide bonds. The van der Waals surface area contributed by atoms with E-state index in [1.54, 1.807) is 11.8 Å². The van der Waals surface area contributed by atoms with Crippen LogP contribution in [0.4, 0.5) is 5.82 Å². The van der Waals surface area contributed by atoms with Gasteiger partial charge in [0.2, 0.25) is 5.91 Å². The van der Waals surface area contributed by atoms with Gasteiger partial charge in [0.1, 0.15) is 5.82 Å². The summed E-state index contributed by atoms with van der Waals surface area (Å²) in [6.45, 7) is 12.0. The summed E-state index contributed by atoms with van der Waals surface area (Å²) in [5.41, 5.74) is 0.419. The lowest BCUT2D eigenvalue weighted by Gasteiger charge is -2.28. The highest BCUT2D eigenvalue weighted by Crippen LogP contribution is 2.28. The summed E-state index contributed by atoms with van der Waals surface area (Å²) in [5, 5.41) is 9.23. The van der Waals surface area contributed by atoms with Crippen LogP contribution in [0, 0.1) is 5.41 Å². The first-order valence-corrected chi connectivity index (χ1v) is 10.9. The van der Waals surface area contributed by atoms with Crippen molar-refractivity contribution in [3.8, 4) is 0 Å². The Hall–Kier alpha value is -1.87. The number of carbonyl (C=O) groups is 1. The summed E-state index contributed by atoms with van der Waals surface area (Å²) in [4.78, 5) is 23.9. The molecule has 1 saturated heterocycles. The number of hydrogen-bond donors (Lipinski definition) is 1. The molecule has 0 radical (unpaired) electrons. The molecule has 2 aromatic rings. The van der Waals surface area contributed by atoms with Gasteiger partial charge in [0.05, 0.1) is 31.3 Å². The number of nitrogens with zero attached hydrogens (tertiary/aromatic N) is 5. The van der Waals surface area contributed by atoms with E-state index >= 15 is 0 Å². The summed E-state index contributed by atoms with van der Waals surface area (Å²) in [7, 11) is 0. The van der Waals surface area contributed by atoms with Crippen LogP contribution in [0.3, 0.4) is 0 Å². The van der Waals surface area contributed by atoms with E-state index < -0.39 is 5.41 Å². The third kappa shape index (κ3) is 4.94. The van der Waals surface area contributed by atoms with Crippen LogP contribution in [0.2, 0.25) is 0 Å². The van der Waals surface area contributed by atoms with E-state index in [-0.39, 0.29) is 5.91 Å². The first kappa shape index (κ1) is 20.9. The molecule has 28 heavy (non-hydrogen) atoms. The Bertz CT molecular complexity index is 811. The maximum Gasteiger partial charge on any atom is 0.225 e. The van der Waals surface area contributed by atoms with Gasteiger partial charge in [-0.2, -0.15) is 5.10 Å². The molecule has 0 unspecified atom stereocenters. The van der Waals surface area contributed by atoms with Crippen LogP contribution in [0.25, 0.3) is 11.0 Å². The molecule has 1 fully saturated rings. The summed E-state index contributed by atoms with van der Waals surface area (Å²) >= 11 is 1.67. The normalized spacial score (nSPS) is 15.2. The van der Waals surface area contributed by atoms with E-state index in [4.69, 9.17) is 14.7 Å². The summed E-state index contributed by atoms with van der Waals surface area (Å²) < 4.78 is 7.35. The van der Waals surface area contributed by atoms with Crippen LogP contribution in [-0.4, -0.2) is 64.3 Å². The second kappa shape index (κ2) is 9.09. The molecule has 0 bridgehead atoms. The molecule has 0 atom stereocenters. The highest BCUT2D eigenvalue weighted by atomic mass is 32.2. The molecule has 1 aliphatic rings. The SMILES string of the molecule is CCCSc1nc(N2CCOCC2)c2cnn(CCNC(=O)C(C)(C)C)c2n1. The Labute approximate surface area is 170 Å². The number of morpholine rings is 1. The Kier molecular flexibility index (Phi) is 6.77. The van der Waals surface area contributed by atoms with Crippen molar-refractivity contribution in [2.45, 2.75) is 45.8 Å². The molecular weight excluding hydrogens is 376 g/mol. The Balaban J connectivity index is 1.84. The second-order valence-electron chi connectivity index (χ2n) is 7.89. The zero-order chi connectivity index (χ0) is 20.1. The summed E-state index contributed by atoms with van der Waals surface area (Å²) in [5.74, 6) is 1.94. The number of anilines is 1.